The van der Waals surface area contributed by atoms with E-state index in [9.17, 15) is 4.79 Å². The molecule has 5 rings (SSSR count). The zero-order valence-corrected chi connectivity index (χ0v) is 17.5. The van der Waals surface area contributed by atoms with Crippen molar-refractivity contribution in [2.24, 2.45) is 0 Å². The van der Waals surface area contributed by atoms with Crippen molar-refractivity contribution in [2.45, 2.75) is 19.8 Å². The quantitative estimate of drug-likeness (QED) is 0.600. The Kier molecular flexibility index (Phi) is 5.19. The summed E-state index contributed by atoms with van der Waals surface area (Å²) in [6.07, 6.45) is 5.13. The van der Waals surface area contributed by atoms with Crippen molar-refractivity contribution in [3.63, 3.8) is 0 Å². The molecule has 3 aromatic rings. The molecule has 0 saturated carbocycles. The normalized spacial score (nSPS) is 15.3. The lowest BCUT2D eigenvalue weighted by Crippen LogP contribution is -2.48. The van der Waals surface area contributed by atoms with Crippen LogP contribution in [0.5, 0.6) is 0 Å². The molecule has 0 bridgehead atoms. The van der Waals surface area contributed by atoms with Gasteiger partial charge in [-0.05, 0) is 37.0 Å². The van der Waals surface area contributed by atoms with E-state index in [1.165, 1.54) is 5.56 Å². The molecule has 0 N–H and O–H groups in total. The Bertz CT molecular complexity index is 1100. The molecule has 1 saturated heterocycles. The van der Waals surface area contributed by atoms with Crippen molar-refractivity contribution in [3.05, 3.63) is 59.4 Å². The molecular formula is C23H24N6O2. The molecule has 0 spiro atoms. The summed E-state index contributed by atoms with van der Waals surface area (Å²) < 4.78 is 5.44. The first-order valence-corrected chi connectivity index (χ1v) is 10.7. The van der Waals surface area contributed by atoms with E-state index in [1.807, 2.05) is 25.1 Å². The molecule has 3 heterocycles. The topological polar surface area (TPSA) is 84.3 Å². The number of aromatic nitrogens is 4. The first kappa shape index (κ1) is 19.4. The van der Waals surface area contributed by atoms with Gasteiger partial charge in [0.05, 0.1) is 12.3 Å². The molecule has 2 aromatic heterocycles. The second-order valence-corrected chi connectivity index (χ2v) is 7.63. The van der Waals surface area contributed by atoms with Crippen molar-refractivity contribution in [1.29, 1.82) is 0 Å². The minimum absolute atomic E-state index is 0.322. The molecular weight excluding hydrogens is 392 g/mol. The zero-order chi connectivity index (χ0) is 21.2. The number of nitrogens with zero attached hydrogens (tertiary/aromatic N) is 6. The number of carbonyl (C=O) groups is 1. The number of carbonyl (C=O) groups excluding carboxylic acids is 1. The van der Waals surface area contributed by atoms with Gasteiger partial charge in [-0.1, -0.05) is 24.3 Å². The average molecular weight is 416 g/mol. The summed E-state index contributed by atoms with van der Waals surface area (Å²) in [6, 6.07) is 10.0. The van der Waals surface area contributed by atoms with Crippen molar-refractivity contribution < 1.29 is 9.53 Å². The molecule has 8 heteroatoms. The van der Waals surface area contributed by atoms with Gasteiger partial charge in [0.2, 0.25) is 5.95 Å². The van der Waals surface area contributed by atoms with Crippen LogP contribution < -0.4 is 9.80 Å². The van der Waals surface area contributed by atoms with Crippen LogP contribution in [0.4, 0.5) is 11.8 Å². The second kappa shape index (κ2) is 8.29. The minimum atomic E-state index is -0.322. The molecule has 8 nitrogen and oxygen atoms in total. The third-order valence-electron chi connectivity index (χ3n) is 5.87. The molecule has 0 unspecified atom stereocenters. The highest BCUT2D eigenvalue weighted by atomic mass is 16.5. The number of hydrogen-bond acceptors (Lipinski definition) is 8. The van der Waals surface area contributed by atoms with Gasteiger partial charge in [-0.25, -0.2) is 14.8 Å². The van der Waals surface area contributed by atoms with E-state index in [2.05, 4.69) is 42.1 Å². The average Bonchev–Trinajstić information content (AvgIpc) is 2.84. The lowest BCUT2D eigenvalue weighted by molar-refractivity contribution is 0.0525. The van der Waals surface area contributed by atoms with Gasteiger partial charge in [0, 0.05) is 44.1 Å². The van der Waals surface area contributed by atoms with Crippen LogP contribution in [0.25, 0.3) is 11.3 Å². The van der Waals surface area contributed by atoms with Gasteiger partial charge in [0.25, 0.3) is 0 Å². The van der Waals surface area contributed by atoms with E-state index >= 15 is 0 Å². The van der Waals surface area contributed by atoms with E-state index in [1.54, 1.807) is 12.4 Å². The van der Waals surface area contributed by atoms with Crippen molar-refractivity contribution in [2.75, 3.05) is 42.6 Å². The molecule has 2 aliphatic rings. The summed E-state index contributed by atoms with van der Waals surface area (Å²) in [6.45, 7) is 5.04. The number of esters is 1. The van der Waals surface area contributed by atoms with E-state index < -0.39 is 0 Å². The summed E-state index contributed by atoms with van der Waals surface area (Å²) in [4.78, 5) is 26.0. The van der Waals surface area contributed by atoms with Gasteiger partial charge in [0.15, 0.2) is 5.82 Å². The van der Waals surface area contributed by atoms with Gasteiger partial charge in [-0.15, -0.1) is 10.2 Å². The summed E-state index contributed by atoms with van der Waals surface area (Å²) in [7, 11) is 0. The van der Waals surface area contributed by atoms with E-state index in [4.69, 9.17) is 4.74 Å². The molecule has 1 aliphatic carbocycles. The summed E-state index contributed by atoms with van der Waals surface area (Å²) in [5, 5.41) is 9.12. The molecule has 0 atom stereocenters. The molecule has 158 valence electrons. The molecule has 1 aromatic carbocycles. The lowest BCUT2D eigenvalue weighted by Gasteiger charge is -2.36. The number of hydrogen-bond donors (Lipinski definition) is 0. The number of piperazine rings is 1. The molecule has 0 amide bonds. The number of anilines is 2. The smallest absolute Gasteiger partial charge is 0.342 e. The molecule has 31 heavy (non-hydrogen) atoms. The maximum atomic E-state index is 13.0. The predicted molar refractivity (Wildman–Crippen MR) is 117 cm³/mol. The number of aryl methyl sites for hydroxylation is 1. The SMILES string of the molecule is CCOC(=O)c1c(N2CCN(c3ncccn3)CC2)nnc2c1CCc1ccccc1-2. The van der Waals surface area contributed by atoms with Crippen LogP contribution in [0.3, 0.4) is 0 Å². The van der Waals surface area contributed by atoms with E-state index in [0.717, 1.165) is 48.7 Å². The number of benzene rings is 1. The number of ether oxygens (including phenoxy) is 1. The number of rotatable bonds is 4. The molecule has 1 aliphatic heterocycles. The fourth-order valence-corrected chi connectivity index (χ4v) is 4.36. The fraction of sp³-hybridized carbons (Fsp3) is 0.348. The Morgan fingerprint density at radius 2 is 1.71 bits per heavy atom. The second-order valence-electron chi connectivity index (χ2n) is 7.63. The fourth-order valence-electron chi connectivity index (χ4n) is 4.36. The molecule has 1 fully saturated rings. The third-order valence-corrected chi connectivity index (χ3v) is 5.87. The van der Waals surface area contributed by atoms with Crippen LogP contribution in [0.2, 0.25) is 0 Å². The summed E-state index contributed by atoms with van der Waals surface area (Å²) in [5.41, 5.74) is 4.59. The zero-order valence-electron chi connectivity index (χ0n) is 17.5. The van der Waals surface area contributed by atoms with Crippen LogP contribution >= 0.6 is 0 Å². The first-order chi connectivity index (χ1) is 15.3. The van der Waals surface area contributed by atoms with E-state index in [0.29, 0.717) is 31.1 Å². The Hall–Kier alpha value is -3.55. The Balaban J connectivity index is 1.49. The van der Waals surface area contributed by atoms with Gasteiger partial charge in [-0.2, -0.15) is 0 Å². The summed E-state index contributed by atoms with van der Waals surface area (Å²) >= 11 is 0. The van der Waals surface area contributed by atoms with Crippen molar-refractivity contribution in [3.8, 4) is 11.3 Å². The van der Waals surface area contributed by atoms with Crippen molar-refractivity contribution in [1.82, 2.24) is 20.2 Å². The Morgan fingerprint density at radius 1 is 0.968 bits per heavy atom. The van der Waals surface area contributed by atoms with Gasteiger partial charge < -0.3 is 14.5 Å². The van der Waals surface area contributed by atoms with Crippen LogP contribution in [-0.4, -0.2) is 58.9 Å². The highest BCUT2D eigenvalue weighted by Gasteiger charge is 2.31. The number of fused-ring (bicyclic) bond motifs is 3. The van der Waals surface area contributed by atoms with Crippen LogP contribution in [-0.2, 0) is 17.6 Å². The van der Waals surface area contributed by atoms with Crippen LogP contribution in [0.15, 0.2) is 42.7 Å². The maximum Gasteiger partial charge on any atom is 0.342 e. The van der Waals surface area contributed by atoms with Crippen LogP contribution in [0, 0.1) is 0 Å². The molecule has 0 radical (unpaired) electrons. The third kappa shape index (κ3) is 3.58. The van der Waals surface area contributed by atoms with E-state index in [-0.39, 0.29) is 5.97 Å². The standard InChI is InChI=1S/C23H24N6O2/c1-2-31-22(30)19-18-9-8-16-6-3-4-7-17(16)20(18)26-27-21(19)28-12-14-29(15-13-28)23-24-10-5-11-25-23/h3-7,10-11H,2,8-9,12-15H2,1H3. The first-order valence-electron chi connectivity index (χ1n) is 10.7. The highest BCUT2D eigenvalue weighted by molar-refractivity contribution is 5.98. The largest absolute Gasteiger partial charge is 0.462 e. The maximum absolute atomic E-state index is 13.0. The van der Waals surface area contributed by atoms with Crippen molar-refractivity contribution >= 4 is 17.7 Å². The van der Waals surface area contributed by atoms with Gasteiger partial charge >= 0.3 is 5.97 Å². The lowest BCUT2D eigenvalue weighted by atomic mass is 9.87. The van der Waals surface area contributed by atoms with Gasteiger partial charge in [0.1, 0.15) is 5.56 Å². The van der Waals surface area contributed by atoms with Gasteiger partial charge in [-0.3, -0.25) is 0 Å². The predicted octanol–water partition coefficient (Wildman–Crippen LogP) is 2.54. The monoisotopic (exact) mass is 416 g/mol. The minimum Gasteiger partial charge on any atom is -0.462 e. The van der Waals surface area contributed by atoms with Crippen LogP contribution in [0.1, 0.15) is 28.4 Å². The Labute approximate surface area is 180 Å². The Morgan fingerprint density at radius 3 is 2.48 bits per heavy atom. The highest BCUT2D eigenvalue weighted by Crippen LogP contribution is 2.36. The summed E-state index contributed by atoms with van der Waals surface area (Å²) in [5.74, 6) is 1.02.